The second-order valence-corrected chi connectivity index (χ2v) is 3.29. The van der Waals surface area contributed by atoms with Gasteiger partial charge in [-0.25, -0.2) is 0 Å². The molecule has 1 atom stereocenters. The first-order valence-corrected chi connectivity index (χ1v) is 4.61. The van der Waals surface area contributed by atoms with Crippen molar-refractivity contribution in [3.05, 3.63) is 29.6 Å². The summed E-state index contributed by atoms with van der Waals surface area (Å²) in [6.45, 7) is 4.66. The third-order valence-electron chi connectivity index (χ3n) is 2.22. The Balaban J connectivity index is 2.14. The summed E-state index contributed by atoms with van der Waals surface area (Å²) >= 11 is 0. The number of ether oxygens (including phenoxy) is 1. The molecule has 0 aromatic carbocycles. The minimum atomic E-state index is 0.204. The lowest BCUT2D eigenvalue weighted by atomic mass is 10.1. The molecule has 2 heterocycles. The van der Waals surface area contributed by atoms with E-state index in [4.69, 9.17) is 4.74 Å². The van der Waals surface area contributed by atoms with Crippen molar-refractivity contribution in [3.8, 4) is 0 Å². The van der Waals surface area contributed by atoms with Crippen molar-refractivity contribution in [2.24, 2.45) is 0 Å². The van der Waals surface area contributed by atoms with E-state index in [0.29, 0.717) is 0 Å². The topological polar surface area (TPSA) is 34.1 Å². The van der Waals surface area contributed by atoms with Gasteiger partial charge in [0.2, 0.25) is 0 Å². The van der Waals surface area contributed by atoms with Crippen LogP contribution in [0.2, 0.25) is 0 Å². The third kappa shape index (κ3) is 2.05. The predicted octanol–water partition coefficient (Wildman–Crippen LogP) is 1.05. The van der Waals surface area contributed by atoms with Gasteiger partial charge < -0.3 is 10.1 Å². The fourth-order valence-corrected chi connectivity index (χ4v) is 1.55. The zero-order valence-electron chi connectivity index (χ0n) is 7.79. The number of morpholine rings is 1. The Morgan fingerprint density at radius 3 is 3.23 bits per heavy atom. The summed E-state index contributed by atoms with van der Waals surface area (Å²) in [5.41, 5.74) is 2.27. The molecule has 1 aromatic rings. The Morgan fingerprint density at radius 2 is 2.54 bits per heavy atom. The Hall–Kier alpha value is -0.930. The van der Waals surface area contributed by atoms with Crippen LogP contribution in [0.25, 0.3) is 0 Å². The minimum Gasteiger partial charge on any atom is -0.371 e. The molecule has 2 rings (SSSR count). The lowest BCUT2D eigenvalue weighted by molar-refractivity contribution is 0.0276. The van der Waals surface area contributed by atoms with Gasteiger partial charge in [-0.2, -0.15) is 0 Å². The van der Waals surface area contributed by atoms with Gasteiger partial charge in [0.15, 0.2) is 0 Å². The van der Waals surface area contributed by atoms with Crippen molar-refractivity contribution in [2.75, 3.05) is 19.7 Å². The molecule has 13 heavy (non-hydrogen) atoms. The summed E-state index contributed by atoms with van der Waals surface area (Å²) in [6, 6.07) is 4.10. The predicted molar refractivity (Wildman–Crippen MR) is 50.5 cm³/mol. The lowest BCUT2D eigenvalue weighted by Crippen LogP contribution is -2.33. The van der Waals surface area contributed by atoms with Crippen LogP contribution in [0.4, 0.5) is 0 Å². The molecule has 1 aliphatic heterocycles. The first kappa shape index (κ1) is 8.66. The number of aromatic nitrogens is 1. The average Bonchev–Trinajstić information content (AvgIpc) is 2.19. The van der Waals surface area contributed by atoms with Crippen LogP contribution in [0, 0.1) is 6.92 Å². The number of pyridine rings is 1. The van der Waals surface area contributed by atoms with E-state index in [0.717, 1.165) is 25.4 Å². The van der Waals surface area contributed by atoms with Gasteiger partial charge in [-0.1, -0.05) is 0 Å². The van der Waals surface area contributed by atoms with Gasteiger partial charge in [0.1, 0.15) is 0 Å². The van der Waals surface area contributed by atoms with E-state index in [1.165, 1.54) is 5.56 Å². The molecular formula is C10H14N2O. The Labute approximate surface area is 78.1 Å². The summed E-state index contributed by atoms with van der Waals surface area (Å²) in [5, 5.41) is 3.31. The molecule has 0 aliphatic carbocycles. The molecule has 0 saturated carbocycles. The molecule has 1 aliphatic rings. The van der Waals surface area contributed by atoms with Gasteiger partial charge in [0.25, 0.3) is 0 Å². The van der Waals surface area contributed by atoms with Crippen molar-refractivity contribution >= 4 is 0 Å². The first-order chi connectivity index (χ1) is 6.36. The smallest absolute Gasteiger partial charge is 0.0951 e. The highest BCUT2D eigenvalue weighted by atomic mass is 16.5. The SMILES string of the molecule is Cc1cc([C@H]2CNCCO2)ccn1. The molecular weight excluding hydrogens is 164 g/mol. The number of rotatable bonds is 1. The van der Waals surface area contributed by atoms with Crippen LogP contribution in [-0.2, 0) is 4.74 Å². The standard InChI is InChI=1S/C10H14N2O/c1-8-6-9(2-3-12-8)10-7-11-4-5-13-10/h2-3,6,10-11H,4-5,7H2,1H3/t10-/m1/s1. The molecule has 70 valence electrons. The molecule has 1 saturated heterocycles. The summed E-state index contributed by atoms with van der Waals surface area (Å²) < 4.78 is 5.63. The van der Waals surface area contributed by atoms with Crippen LogP contribution in [0.15, 0.2) is 18.3 Å². The highest BCUT2D eigenvalue weighted by molar-refractivity contribution is 5.18. The summed E-state index contributed by atoms with van der Waals surface area (Å²) in [4.78, 5) is 4.16. The van der Waals surface area contributed by atoms with Crippen molar-refractivity contribution in [2.45, 2.75) is 13.0 Å². The molecule has 3 heteroatoms. The number of nitrogens with zero attached hydrogens (tertiary/aromatic N) is 1. The highest BCUT2D eigenvalue weighted by Gasteiger charge is 2.15. The second kappa shape index (κ2) is 3.85. The maximum atomic E-state index is 5.63. The minimum absolute atomic E-state index is 0.204. The maximum Gasteiger partial charge on any atom is 0.0951 e. The van der Waals surface area contributed by atoms with Crippen LogP contribution >= 0.6 is 0 Å². The van der Waals surface area contributed by atoms with Crippen molar-refractivity contribution in [1.82, 2.24) is 10.3 Å². The highest BCUT2D eigenvalue weighted by Crippen LogP contribution is 2.18. The van der Waals surface area contributed by atoms with Gasteiger partial charge in [0, 0.05) is 25.0 Å². The number of aryl methyl sites for hydroxylation is 1. The summed E-state index contributed by atoms with van der Waals surface area (Å²) in [7, 11) is 0. The van der Waals surface area contributed by atoms with E-state index in [9.17, 15) is 0 Å². The summed E-state index contributed by atoms with van der Waals surface area (Å²) in [6.07, 6.45) is 2.04. The molecule has 0 bridgehead atoms. The zero-order chi connectivity index (χ0) is 9.10. The van der Waals surface area contributed by atoms with Gasteiger partial charge in [-0.15, -0.1) is 0 Å². The molecule has 1 fully saturated rings. The fraction of sp³-hybridized carbons (Fsp3) is 0.500. The van der Waals surface area contributed by atoms with Crippen molar-refractivity contribution in [3.63, 3.8) is 0 Å². The quantitative estimate of drug-likeness (QED) is 0.698. The van der Waals surface area contributed by atoms with Crippen LogP contribution in [0.3, 0.4) is 0 Å². The van der Waals surface area contributed by atoms with Crippen LogP contribution < -0.4 is 5.32 Å². The normalized spacial score (nSPS) is 23.0. The van der Waals surface area contributed by atoms with Gasteiger partial charge >= 0.3 is 0 Å². The molecule has 0 spiro atoms. The maximum absolute atomic E-state index is 5.63. The van der Waals surface area contributed by atoms with E-state index in [-0.39, 0.29) is 6.10 Å². The molecule has 3 nitrogen and oxygen atoms in total. The van der Waals surface area contributed by atoms with Crippen molar-refractivity contribution in [1.29, 1.82) is 0 Å². The largest absolute Gasteiger partial charge is 0.371 e. The lowest BCUT2D eigenvalue weighted by Gasteiger charge is -2.23. The fourth-order valence-electron chi connectivity index (χ4n) is 1.55. The third-order valence-corrected chi connectivity index (χ3v) is 2.22. The van der Waals surface area contributed by atoms with E-state index >= 15 is 0 Å². The van der Waals surface area contributed by atoms with E-state index < -0.39 is 0 Å². The molecule has 0 amide bonds. The first-order valence-electron chi connectivity index (χ1n) is 4.61. The van der Waals surface area contributed by atoms with Crippen molar-refractivity contribution < 1.29 is 4.74 Å². The monoisotopic (exact) mass is 178 g/mol. The van der Waals surface area contributed by atoms with E-state index in [1.54, 1.807) is 0 Å². The molecule has 1 aromatic heterocycles. The Bertz CT molecular complexity index is 282. The van der Waals surface area contributed by atoms with Crippen LogP contribution in [0.1, 0.15) is 17.4 Å². The number of hydrogen-bond acceptors (Lipinski definition) is 3. The van der Waals surface area contributed by atoms with E-state index in [1.807, 2.05) is 19.2 Å². The Kier molecular flexibility index (Phi) is 2.57. The van der Waals surface area contributed by atoms with Gasteiger partial charge in [0.05, 0.1) is 12.7 Å². The number of nitrogens with one attached hydrogen (secondary N) is 1. The van der Waals surface area contributed by atoms with Gasteiger partial charge in [-0.3, -0.25) is 4.98 Å². The second-order valence-electron chi connectivity index (χ2n) is 3.29. The Morgan fingerprint density at radius 1 is 1.62 bits per heavy atom. The average molecular weight is 178 g/mol. The van der Waals surface area contributed by atoms with Crippen LogP contribution in [0.5, 0.6) is 0 Å². The molecule has 0 radical (unpaired) electrons. The summed E-state index contributed by atoms with van der Waals surface area (Å²) in [5.74, 6) is 0. The van der Waals surface area contributed by atoms with Gasteiger partial charge in [-0.05, 0) is 24.6 Å². The van der Waals surface area contributed by atoms with Crippen LogP contribution in [-0.4, -0.2) is 24.7 Å². The molecule has 0 unspecified atom stereocenters. The van der Waals surface area contributed by atoms with E-state index in [2.05, 4.69) is 16.4 Å². The molecule has 1 N–H and O–H groups in total. The number of hydrogen-bond donors (Lipinski definition) is 1. The zero-order valence-corrected chi connectivity index (χ0v) is 7.79.